The summed E-state index contributed by atoms with van der Waals surface area (Å²) < 4.78 is 0. The molecule has 4 nitrogen and oxygen atoms in total. The van der Waals surface area contributed by atoms with E-state index in [1.165, 1.54) is 0 Å². The average Bonchev–Trinajstić information content (AvgIpc) is 3.22. The average molecular weight is 333 g/mol. The van der Waals surface area contributed by atoms with E-state index in [4.69, 9.17) is 5.11 Å². The molecule has 5 rings (SSSR count). The minimum atomic E-state index is -0.604. The van der Waals surface area contributed by atoms with E-state index in [1.54, 1.807) is 0 Å². The Labute approximate surface area is 148 Å². The van der Waals surface area contributed by atoms with Gasteiger partial charge >= 0.3 is 0 Å². The molecule has 2 aromatic rings. The van der Waals surface area contributed by atoms with E-state index in [2.05, 4.69) is 37.0 Å². The van der Waals surface area contributed by atoms with Crippen LogP contribution in [-0.2, 0) is 11.1 Å². The summed E-state index contributed by atoms with van der Waals surface area (Å²) in [5.41, 5.74) is 0.590. The van der Waals surface area contributed by atoms with E-state index in [9.17, 15) is 5.21 Å². The maximum absolute atomic E-state index is 13.4. The number of nitrogens with zero attached hydrogens (tertiary/aromatic N) is 3. The Morgan fingerprint density at radius 3 is 2.44 bits per heavy atom. The first-order valence-electron chi connectivity index (χ1n) is 9.24. The van der Waals surface area contributed by atoms with E-state index < -0.39 is 11.1 Å². The van der Waals surface area contributed by atoms with Crippen LogP contribution in [0.1, 0.15) is 44.4 Å². The van der Waals surface area contributed by atoms with Crippen molar-refractivity contribution in [2.45, 2.75) is 44.2 Å². The molecule has 0 unspecified atom stereocenters. The number of hydrogen-bond acceptors (Lipinski definition) is 3. The van der Waals surface area contributed by atoms with Crippen molar-refractivity contribution < 1.29 is 4.86 Å². The van der Waals surface area contributed by atoms with Crippen molar-refractivity contribution in [3.63, 3.8) is 0 Å². The summed E-state index contributed by atoms with van der Waals surface area (Å²) in [5, 5.41) is 18.2. The number of hydroxylamine groups is 1. The van der Waals surface area contributed by atoms with Crippen LogP contribution in [-0.4, -0.2) is 9.84 Å². The third kappa shape index (κ3) is 1.44. The van der Waals surface area contributed by atoms with Gasteiger partial charge in [-0.1, -0.05) is 47.7 Å². The van der Waals surface area contributed by atoms with Gasteiger partial charge in [-0.15, -0.1) is 0 Å². The minimum Gasteiger partial charge on any atom is -0.599 e. The number of hydrogen-bond donors (Lipinski definition) is 0. The number of rotatable bonds is 2. The zero-order valence-electron chi connectivity index (χ0n) is 14.7. The molecular formula is C21H23N3O. The molecule has 0 radical (unpaired) electrons. The molecule has 2 fully saturated rings. The van der Waals surface area contributed by atoms with E-state index in [1.807, 2.05) is 36.5 Å². The lowest BCUT2D eigenvalue weighted by Gasteiger charge is -2.38. The predicted octanol–water partition coefficient (Wildman–Crippen LogP) is 4.60. The molecule has 1 aromatic carbocycles. The van der Waals surface area contributed by atoms with Gasteiger partial charge in [-0.25, -0.2) is 0 Å². The van der Waals surface area contributed by atoms with Crippen molar-refractivity contribution in [1.82, 2.24) is 4.98 Å². The minimum absolute atomic E-state index is 0.321. The molecule has 1 aromatic heterocycles. The van der Waals surface area contributed by atoms with Crippen molar-refractivity contribution in [1.29, 1.82) is 0 Å². The van der Waals surface area contributed by atoms with Crippen LogP contribution in [0.4, 0.5) is 0 Å². The summed E-state index contributed by atoms with van der Waals surface area (Å²) in [4.78, 5) is 5.75. The maximum atomic E-state index is 13.4. The molecule has 0 amide bonds. The van der Waals surface area contributed by atoms with Crippen LogP contribution in [0.5, 0.6) is 0 Å². The molecule has 2 saturated carbocycles. The summed E-state index contributed by atoms with van der Waals surface area (Å²) in [5.74, 6) is 0.699. The molecule has 4 atom stereocenters. The van der Waals surface area contributed by atoms with Gasteiger partial charge in [-0.2, -0.15) is 0 Å². The lowest BCUT2D eigenvalue weighted by molar-refractivity contribution is -0.632. The van der Waals surface area contributed by atoms with Crippen LogP contribution in [0, 0.1) is 22.5 Å². The second-order valence-electron chi connectivity index (χ2n) is 8.26. The Morgan fingerprint density at radius 2 is 1.72 bits per heavy atom. The molecule has 1 aliphatic heterocycles. The number of azo groups is 1. The Balaban J connectivity index is 1.84. The zero-order valence-corrected chi connectivity index (χ0v) is 14.7. The number of benzene rings is 1. The molecule has 128 valence electrons. The number of aromatic nitrogens is 1. The first-order chi connectivity index (χ1) is 12.1. The van der Waals surface area contributed by atoms with Crippen molar-refractivity contribution >= 4 is 0 Å². The van der Waals surface area contributed by atoms with Crippen LogP contribution in [0.25, 0.3) is 0 Å². The lowest BCUT2D eigenvalue weighted by atomic mass is 9.62. The number of fused-ring (bicyclic) bond motifs is 5. The second-order valence-corrected chi connectivity index (χ2v) is 8.26. The van der Waals surface area contributed by atoms with Gasteiger partial charge in [-0.3, -0.25) is 4.98 Å². The summed E-state index contributed by atoms with van der Waals surface area (Å²) >= 11 is 0. The standard InChI is InChI=1S/C21H23N3O/c1-19(2)20(18-13-6-7-14-22-18)16-11-8-12-17(16)21(19,24(25)23-20)15-9-4-3-5-10-15/h3-7,9-10,13-14,16-17H,8,11-12H2,1-2H3/t16-,17+,20+,21+/m1/s1. The van der Waals surface area contributed by atoms with Crippen molar-refractivity contribution in [2.24, 2.45) is 22.4 Å². The summed E-state index contributed by atoms with van der Waals surface area (Å²) in [7, 11) is 0. The van der Waals surface area contributed by atoms with Gasteiger partial charge in [0.15, 0.2) is 5.54 Å². The third-order valence-corrected chi connectivity index (χ3v) is 7.31. The summed E-state index contributed by atoms with van der Waals surface area (Å²) in [6.07, 6.45) is 5.20. The van der Waals surface area contributed by atoms with E-state index >= 15 is 0 Å². The van der Waals surface area contributed by atoms with Crippen LogP contribution in [0.2, 0.25) is 0 Å². The quantitative estimate of drug-likeness (QED) is 0.595. The molecule has 4 heteroatoms. The Morgan fingerprint density at radius 1 is 1.00 bits per heavy atom. The molecule has 2 heterocycles. The molecule has 2 bridgehead atoms. The van der Waals surface area contributed by atoms with Crippen molar-refractivity contribution in [3.05, 3.63) is 71.2 Å². The summed E-state index contributed by atoms with van der Waals surface area (Å²) in [6.45, 7) is 4.46. The van der Waals surface area contributed by atoms with Gasteiger partial charge in [0.05, 0.1) is 11.1 Å². The fourth-order valence-electron chi connectivity index (χ4n) is 6.51. The molecule has 0 spiro atoms. The lowest BCUT2D eigenvalue weighted by Crippen LogP contribution is -2.48. The van der Waals surface area contributed by atoms with Gasteiger partial charge < -0.3 is 5.21 Å². The molecule has 3 aliphatic rings. The normalized spacial score (nSPS) is 37.8. The zero-order chi connectivity index (χ0) is 17.3. The van der Waals surface area contributed by atoms with Crippen LogP contribution < -0.4 is 0 Å². The Kier molecular flexibility index (Phi) is 2.82. The Bertz CT molecular complexity index is 848. The smallest absolute Gasteiger partial charge is 0.235 e. The van der Waals surface area contributed by atoms with Crippen LogP contribution in [0.15, 0.2) is 59.8 Å². The first kappa shape index (κ1) is 15.1. The first-order valence-corrected chi connectivity index (χ1v) is 9.24. The molecule has 25 heavy (non-hydrogen) atoms. The highest BCUT2D eigenvalue weighted by atomic mass is 16.5. The predicted molar refractivity (Wildman–Crippen MR) is 94.7 cm³/mol. The van der Waals surface area contributed by atoms with Crippen molar-refractivity contribution in [3.8, 4) is 0 Å². The van der Waals surface area contributed by atoms with Crippen LogP contribution in [0.3, 0.4) is 0 Å². The highest BCUT2D eigenvalue weighted by Crippen LogP contribution is 2.76. The molecular weight excluding hydrogens is 310 g/mol. The van der Waals surface area contributed by atoms with Crippen molar-refractivity contribution in [2.75, 3.05) is 0 Å². The highest BCUT2D eigenvalue weighted by molar-refractivity contribution is 5.40. The van der Waals surface area contributed by atoms with E-state index in [0.717, 1.165) is 35.4 Å². The van der Waals surface area contributed by atoms with Gasteiger partial charge in [-0.05, 0) is 43.9 Å². The van der Waals surface area contributed by atoms with E-state index in [-0.39, 0.29) is 5.41 Å². The SMILES string of the molecule is CC1(C)[C@]2(c3ccccn3)N=[N+]([O-])[C@@]1(c1ccccc1)[C@H]1CCC[C@H]12. The largest absolute Gasteiger partial charge is 0.599 e. The van der Waals surface area contributed by atoms with Gasteiger partial charge in [0, 0.05) is 23.6 Å². The molecule has 2 aliphatic carbocycles. The molecule has 0 N–H and O–H groups in total. The van der Waals surface area contributed by atoms with Gasteiger partial charge in [0.2, 0.25) is 5.54 Å². The summed E-state index contributed by atoms with van der Waals surface area (Å²) in [6, 6.07) is 16.3. The maximum Gasteiger partial charge on any atom is 0.235 e. The van der Waals surface area contributed by atoms with Gasteiger partial charge in [0.1, 0.15) is 0 Å². The fraction of sp³-hybridized carbons (Fsp3) is 0.476. The number of pyridine rings is 1. The third-order valence-electron chi connectivity index (χ3n) is 7.31. The second kappa shape index (κ2) is 4.69. The fourth-order valence-corrected chi connectivity index (χ4v) is 6.51. The Hall–Kier alpha value is -2.23. The molecule has 0 saturated heterocycles. The van der Waals surface area contributed by atoms with E-state index in [0.29, 0.717) is 11.8 Å². The van der Waals surface area contributed by atoms with Gasteiger partial charge in [0.25, 0.3) is 0 Å². The highest BCUT2D eigenvalue weighted by Gasteiger charge is 2.85. The monoisotopic (exact) mass is 333 g/mol. The van der Waals surface area contributed by atoms with Crippen LogP contribution >= 0.6 is 0 Å². The topological polar surface area (TPSA) is 51.3 Å².